The molecule has 2 rings (SSSR count). The highest BCUT2D eigenvalue weighted by atomic mass is 19.1. The highest BCUT2D eigenvalue weighted by Crippen LogP contribution is 2.09. The zero-order chi connectivity index (χ0) is 12.1. The van der Waals surface area contributed by atoms with Crippen molar-refractivity contribution < 1.29 is 8.91 Å². The Balaban J connectivity index is 1.93. The Morgan fingerprint density at radius 1 is 1.41 bits per heavy atom. The molecule has 0 aliphatic carbocycles. The van der Waals surface area contributed by atoms with Crippen LogP contribution in [0.25, 0.3) is 0 Å². The van der Waals surface area contributed by atoms with E-state index < -0.39 is 5.82 Å². The fourth-order valence-corrected chi connectivity index (χ4v) is 1.36. The molecular weight excluding hydrogens is 223 g/mol. The normalized spacial score (nSPS) is 10.1. The average Bonchev–Trinajstić information content (AvgIpc) is 2.84. The fourth-order valence-electron chi connectivity index (χ4n) is 1.36. The average molecular weight is 232 g/mol. The van der Waals surface area contributed by atoms with Crippen molar-refractivity contribution in [1.82, 2.24) is 15.5 Å². The minimum atomic E-state index is -0.505. The van der Waals surface area contributed by atoms with Gasteiger partial charge in [0.2, 0.25) is 6.39 Å². The van der Waals surface area contributed by atoms with E-state index in [4.69, 9.17) is 5.26 Å². The second kappa shape index (κ2) is 5.18. The van der Waals surface area contributed by atoms with E-state index in [0.29, 0.717) is 18.9 Å². The number of hydrogen-bond donors (Lipinski definition) is 1. The number of benzene rings is 1. The molecule has 1 aromatic carbocycles. The van der Waals surface area contributed by atoms with Gasteiger partial charge >= 0.3 is 0 Å². The van der Waals surface area contributed by atoms with Crippen LogP contribution < -0.4 is 5.32 Å². The molecule has 0 unspecified atom stereocenters. The summed E-state index contributed by atoms with van der Waals surface area (Å²) in [4.78, 5) is 3.84. The number of nitrogens with one attached hydrogen (secondary N) is 1. The Morgan fingerprint density at radius 2 is 2.29 bits per heavy atom. The van der Waals surface area contributed by atoms with Gasteiger partial charge in [0.15, 0.2) is 5.82 Å². The zero-order valence-corrected chi connectivity index (χ0v) is 8.85. The summed E-state index contributed by atoms with van der Waals surface area (Å²) in [5.41, 5.74) is 0.871. The predicted octanol–water partition coefficient (Wildman–Crippen LogP) is 1.37. The van der Waals surface area contributed by atoms with Gasteiger partial charge < -0.3 is 9.84 Å². The van der Waals surface area contributed by atoms with Crippen LogP contribution in [0.4, 0.5) is 4.39 Å². The number of hydrogen-bond acceptors (Lipinski definition) is 5. The minimum absolute atomic E-state index is 0.0452. The second-order valence-electron chi connectivity index (χ2n) is 3.38. The van der Waals surface area contributed by atoms with Crippen LogP contribution in [0.15, 0.2) is 29.1 Å². The molecule has 17 heavy (non-hydrogen) atoms. The molecule has 0 aliphatic heterocycles. The van der Waals surface area contributed by atoms with Crippen LogP contribution in [0.1, 0.15) is 17.0 Å². The van der Waals surface area contributed by atoms with Crippen LogP contribution in [-0.2, 0) is 13.1 Å². The number of nitrogens with zero attached hydrogens (tertiary/aromatic N) is 3. The van der Waals surface area contributed by atoms with Crippen molar-refractivity contribution in [3.05, 3.63) is 47.4 Å². The summed E-state index contributed by atoms with van der Waals surface area (Å²) in [6.07, 6.45) is 1.25. The summed E-state index contributed by atoms with van der Waals surface area (Å²) < 4.78 is 17.6. The first-order valence-corrected chi connectivity index (χ1v) is 4.94. The molecule has 6 heteroatoms. The Morgan fingerprint density at radius 3 is 3.00 bits per heavy atom. The summed E-state index contributed by atoms with van der Waals surface area (Å²) in [5, 5.41) is 15.4. The quantitative estimate of drug-likeness (QED) is 0.861. The summed E-state index contributed by atoms with van der Waals surface area (Å²) in [6, 6.07) is 6.22. The van der Waals surface area contributed by atoms with Gasteiger partial charge in [0.1, 0.15) is 11.9 Å². The van der Waals surface area contributed by atoms with Gasteiger partial charge in [0, 0.05) is 6.54 Å². The number of halogens is 1. The molecule has 86 valence electrons. The number of rotatable bonds is 4. The first-order valence-electron chi connectivity index (χ1n) is 4.94. The van der Waals surface area contributed by atoms with Crippen LogP contribution in [0, 0.1) is 17.1 Å². The maximum atomic E-state index is 13.0. The van der Waals surface area contributed by atoms with Crippen LogP contribution in [0.2, 0.25) is 0 Å². The lowest BCUT2D eigenvalue weighted by Gasteiger charge is -2.03. The molecular formula is C11H9FN4O. The van der Waals surface area contributed by atoms with Crippen molar-refractivity contribution >= 4 is 0 Å². The van der Waals surface area contributed by atoms with Gasteiger partial charge in [0.05, 0.1) is 12.1 Å². The van der Waals surface area contributed by atoms with Crippen molar-refractivity contribution in [3.8, 4) is 6.07 Å². The molecule has 2 aromatic rings. The Bertz CT molecular complexity index is 533. The monoisotopic (exact) mass is 232 g/mol. The van der Waals surface area contributed by atoms with Crippen LogP contribution in [0.3, 0.4) is 0 Å². The lowest BCUT2D eigenvalue weighted by atomic mass is 10.1. The van der Waals surface area contributed by atoms with Gasteiger partial charge in [-0.05, 0) is 17.7 Å². The summed E-state index contributed by atoms with van der Waals surface area (Å²) >= 11 is 0. The lowest BCUT2D eigenvalue weighted by Crippen LogP contribution is -2.13. The van der Waals surface area contributed by atoms with Gasteiger partial charge in [0.25, 0.3) is 0 Å². The molecule has 0 aliphatic rings. The molecule has 5 nitrogen and oxygen atoms in total. The lowest BCUT2D eigenvalue weighted by molar-refractivity contribution is 0.407. The zero-order valence-electron chi connectivity index (χ0n) is 8.85. The topological polar surface area (TPSA) is 74.7 Å². The van der Waals surface area contributed by atoms with Gasteiger partial charge in [-0.2, -0.15) is 10.2 Å². The molecule has 0 fully saturated rings. The third kappa shape index (κ3) is 2.86. The van der Waals surface area contributed by atoms with Crippen LogP contribution in [0.5, 0.6) is 0 Å². The summed E-state index contributed by atoms with van der Waals surface area (Å²) in [6.45, 7) is 0.958. The maximum Gasteiger partial charge on any atom is 0.213 e. The third-order valence-electron chi connectivity index (χ3n) is 2.17. The van der Waals surface area contributed by atoms with Gasteiger partial charge in [-0.3, -0.25) is 0 Å². The van der Waals surface area contributed by atoms with Crippen molar-refractivity contribution in [2.45, 2.75) is 13.1 Å². The van der Waals surface area contributed by atoms with E-state index in [9.17, 15) is 4.39 Å². The van der Waals surface area contributed by atoms with Crippen LogP contribution >= 0.6 is 0 Å². The Labute approximate surface area is 96.9 Å². The van der Waals surface area contributed by atoms with Crippen molar-refractivity contribution in [2.75, 3.05) is 0 Å². The standard InChI is InChI=1S/C11H9FN4O/c12-10-2-1-8(3-9(10)4-13)5-14-6-11-15-7-17-16-11/h1-3,7,14H,5-6H2. The van der Waals surface area contributed by atoms with E-state index >= 15 is 0 Å². The largest absolute Gasteiger partial charge is 0.343 e. The van der Waals surface area contributed by atoms with Gasteiger partial charge in [-0.1, -0.05) is 11.2 Å². The van der Waals surface area contributed by atoms with E-state index in [0.717, 1.165) is 5.56 Å². The molecule has 1 N–H and O–H groups in total. The Hall–Kier alpha value is -2.26. The summed E-state index contributed by atoms with van der Waals surface area (Å²) in [5.74, 6) is 0.0436. The minimum Gasteiger partial charge on any atom is -0.343 e. The molecule has 0 radical (unpaired) electrons. The maximum absolute atomic E-state index is 13.0. The summed E-state index contributed by atoms with van der Waals surface area (Å²) in [7, 11) is 0. The Kier molecular flexibility index (Phi) is 3.43. The smallest absolute Gasteiger partial charge is 0.213 e. The van der Waals surface area contributed by atoms with E-state index in [1.54, 1.807) is 12.1 Å². The molecule has 0 saturated carbocycles. The van der Waals surface area contributed by atoms with Crippen molar-refractivity contribution in [3.63, 3.8) is 0 Å². The fraction of sp³-hybridized carbons (Fsp3) is 0.182. The molecule has 1 heterocycles. The van der Waals surface area contributed by atoms with Gasteiger partial charge in [-0.15, -0.1) is 0 Å². The molecule has 1 aromatic heterocycles. The SMILES string of the molecule is N#Cc1cc(CNCc2ncon2)ccc1F. The van der Waals surface area contributed by atoms with Crippen LogP contribution in [-0.4, -0.2) is 10.1 Å². The van der Waals surface area contributed by atoms with Crippen molar-refractivity contribution in [2.24, 2.45) is 0 Å². The molecule has 0 saturated heterocycles. The third-order valence-corrected chi connectivity index (χ3v) is 2.17. The first-order chi connectivity index (χ1) is 8.29. The number of nitriles is 1. The highest BCUT2D eigenvalue weighted by Gasteiger charge is 2.03. The molecule has 0 atom stereocenters. The number of aromatic nitrogens is 2. The predicted molar refractivity (Wildman–Crippen MR) is 56.0 cm³/mol. The van der Waals surface area contributed by atoms with Gasteiger partial charge in [-0.25, -0.2) is 4.39 Å². The van der Waals surface area contributed by atoms with E-state index in [-0.39, 0.29) is 5.56 Å². The molecule has 0 amide bonds. The first kappa shape index (κ1) is 11.2. The highest BCUT2D eigenvalue weighted by molar-refractivity contribution is 5.34. The van der Waals surface area contributed by atoms with Crippen molar-refractivity contribution in [1.29, 1.82) is 5.26 Å². The second-order valence-corrected chi connectivity index (χ2v) is 3.38. The van der Waals surface area contributed by atoms with E-state index in [2.05, 4.69) is 20.0 Å². The molecule has 0 bridgehead atoms. The van der Waals surface area contributed by atoms with E-state index in [1.807, 2.05) is 0 Å². The van der Waals surface area contributed by atoms with E-state index in [1.165, 1.54) is 18.5 Å². The molecule has 0 spiro atoms.